The van der Waals surface area contributed by atoms with Crippen LogP contribution in [0.25, 0.3) is 5.70 Å². The van der Waals surface area contributed by atoms with E-state index in [0.29, 0.717) is 10.4 Å². The van der Waals surface area contributed by atoms with Crippen LogP contribution in [0.3, 0.4) is 0 Å². The molecule has 0 bridgehead atoms. The number of rotatable bonds is 4. The lowest BCUT2D eigenvalue weighted by molar-refractivity contribution is -0.0745. The standard InChI is InChI=1S/C20H15F3N4OS/c21-20(22,23)17-10-11-24-18-14(12-25-27(17)18)19(28)26-15-8-4-5-9-16(15)29-13-6-2-1-3-7-13/h1-10,12,24H,11H2,(H,26,28). The van der Waals surface area contributed by atoms with E-state index < -0.39 is 17.8 Å². The molecular weight excluding hydrogens is 401 g/mol. The van der Waals surface area contributed by atoms with Crippen LogP contribution < -0.4 is 10.6 Å². The van der Waals surface area contributed by atoms with Gasteiger partial charge in [0.1, 0.15) is 17.1 Å². The van der Waals surface area contributed by atoms with Crippen molar-refractivity contribution in [2.24, 2.45) is 0 Å². The maximum Gasteiger partial charge on any atom is 0.433 e. The Bertz CT molecular complexity index is 1080. The lowest BCUT2D eigenvalue weighted by Crippen LogP contribution is -2.25. The maximum absolute atomic E-state index is 13.2. The van der Waals surface area contributed by atoms with Gasteiger partial charge < -0.3 is 10.6 Å². The summed E-state index contributed by atoms with van der Waals surface area (Å²) in [6, 6.07) is 16.9. The number of allylic oxidation sites excluding steroid dienone is 1. The summed E-state index contributed by atoms with van der Waals surface area (Å²) in [7, 11) is 0. The number of benzene rings is 2. The Balaban J connectivity index is 1.59. The summed E-state index contributed by atoms with van der Waals surface area (Å²) < 4.78 is 40.2. The molecule has 0 aliphatic carbocycles. The van der Waals surface area contributed by atoms with E-state index in [4.69, 9.17) is 0 Å². The van der Waals surface area contributed by atoms with Gasteiger partial charge in [0, 0.05) is 16.3 Å². The number of nitrogens with one attached hydrogen (secondary N) is 2. The summed E-state index contributed by atoms with van der Waals surface area (Å²) in [4.78, 5) is 14.6. The number of fused-ring (bicyclic) bond motifs is 1. The van der Waals surface area contributed by atoms with Gasteiger partial charge in [-0.25, -0.2) is 4.68 Å². The lowest BCUT2D eigenvalue weighted by Gasteiger charge is -2.20. The third-order valence-corrected chi connectivity index (χ3v) is 5.29. The Labute approximate surface area is 168 Å². The minimum Gasteiger partial charge on any atom is -0.366 e. The molecule has 1 aromatic heterocycles. The van der Waals surface area contributed by atoms with Gasteiger partial charge in [0.15, 0.2) is 0 Å². The second kappa shape index (κ2) is 7.67. The first-order chi connectivity index (χ1) is 13.9. The number of para-hydroxylation sites is 1. The van der Waals surface area contributed by atoms with Crippen molar-refractivity contribution in [1.82, 2.24) is 9.78 Å². The minimum absolute atomic E-state index is 0.0190. The van der Waals surface area contributed by atoms with Crippen LogP contribution in [0.1, 0.15) is 10.4 Å². The number of carbonyl (C=O) groups excluding carboxylic acids is 1. The summed E-state index contributed by atoms with van der Waals surface area (Å²) >= 11 is 1.48. The average Bonchev–Trinajstić information content (AvgIpc) is 3.14. The molecule has 29 heavy (non-hydrogen) atoms. The molecule has 9 heteroatoms. The van der Waals surface area contributed by atoms with E-state index in [9.17, 15) is 18.0 Å². The van der Waals surface area contributed by atoms with Gasteiger partial charge >= 0.3 is 6.18 Å². The second-order valence-electron chi connectivity index (χ2n) is 6.15. The predicted octanol–water partition coefficient (Wildman–Crippen LogP) is 5.12. The Hall–Kier alpha value is -3.20. The van der Waals surface area contributed by atoms with E-state index in [-0.39, 0.29) is 17.9 Å². The number of anilines is 2. The van der Waals surface area contributed by atoms with Crippen LogP contribution in [0.5, 0.6) is 0 Å². The third kappa shape index (κ3) is 4.00. The van der Waals surface area contributed by atoms with Gasteiger partial charge in [-0.2, -0.15) is 18.3 Å². The molecule has 4 rings (SSSR count). The second-order valence-corrected chi connectivity index (χ2v) is 7.27. The number of halogens is 3. The zero-order valence-corrected chi connectivity index (χ0v) is 15.7. The number of amides is 1. The predicted molar refractivity (Wildman–Crippen MR) is 106 cm³/mol. The van der Waals surface area contributed by atoms with Crippen molar-refractivity contribution in [2.45, 2.75) is 16.0 Å². The zero-order chi connectivity index (χ0) is 20.4. The van der Waals surface area contributed by atoms with Crippen molar-refractivity contribution in [2.75, 3.05) is 17.2 Å². The lowest BCUT2D eigenvalue weighted by atomic mass is 10.2. The quantitative estimate of drug-likeness (QED) is 0.620. The molecule has 1 aliphatic rings. The van der Waals surface area contributed by atoms with Gasteiger partial charge in [0.25, 0.3) is 5.91 Å². The van der Waals surface area contributed by atoms with Crippen LogP contribution >= 0.6 is 11.8 Å². The average molecular weight is 416 g/mol. The van der Waals surface area contributed by atoms with E-state index in [1.54, 1.807) is 12.1 Å². The van der Waals surface area contributed by atoms with Crippen LogP contribution in [0.15, 0.2) is 76.7 Å². The monoisotopic (exact) mass is 416 g/mol. The first-order valence-corrected chi connectivity index (χ1v) is 9.48. The Morgan fingerprint density at radius 2 is 1.83 bits per heavy atom. The Morgan fingerprint density at radius 3 is 2.59 bits per heavy atom. The molecule has 3 aromatic rings. The highest BCUT2D eigenvalue weighted by Gasteiger charge is 2.39. The fraction of sp³-hybridized carbons (Fsp3) is 0.100. The summed E-state index contributed by atoms with van der Waals surface area (Å²) in [5.41, 5.74) is -0.307. The number of aromatic nitrogens is 2. The molecule has 0 unspecified atom stereocenters. The van der Waals surface area contributed by atoms with E-state index >= 15 is 0 Å². The summed E-state index contributed by atoms with van der Waals surface area (Å²) in [5, 5.41) is 9.33. The number of carbonyl (C=O) groups is 1. The van der Waals surface area contributed by atoms with Crippen molar-refractivity contribution in [3.63, 3.8) is 0 Å². The van der Waals surface area contributed by atoms with E-state index in [1.807, 2.05) is 42.5 Å². The molecule has 0 saturated heterocycles. The molecule has 2 N–H and O–H groups in total. The third-order valence-electron chi connectivity index (χ3n) is 4.20. The highest BCUT2D eigenvalue weighted by Crippen LogP contribution is 2.36. The number of nitrogens with zero attached hydrogens (tertiary/aromatic N) is 2. The molecule has 1 aliphatic heterocycles. The Morgan fingerprint density at radius 1 is 1.10 bits per heavy atom. The molecule has 5 nitrogen and oxygen atoms in total. The number of alkyl halides is 3. The normalized spacial score (nSPS) is 13.3. The van der Waals surface area contributed by atoms with Crippen LogP contribution in [0, 0.1) is 0 Å². The number of hydrogen-bond donors (Lipinski definition) is 2. The van der Waals surface area contributed by atoms with Gasteiger partial charge in [-0.1, -0.05) is 42.1 Å². The van der Waals surface area contributed by atoms with Gasteiger partial charge in [0.05, 0.1) is 11.9 Å². The molecular formula is C20H15F3N4OS. The fourth-order valence-corrected chi connectivity index (χ4v) is 3.82. The van der Waals surface area contributed by atoms with Crippen LogP contribution in [-0.2, 0) is 0 Å². The van der Waals surface area contributed by atoms with Crippen molar-refractivity contribution in [1.29, 1.82) is 0 Å². The minimum atomic E-state index is -4.56. The van der Waals surface area contributed by atoms with Crippen LogP contribution in [0.4, 0.5) is 24.7 Å². The molecule has 0 spiro atoms. The zero-order valence-electron chi connectivity index (χ0n) is 14.9. The Kier molecular flexibility index (Phi) is 5.06. The first kappa shape index (κ1) is 19.1. The molecule has 1 amide bonds. The molecule has 2 aromatic carbocycles. The van der Waals surface area contributed by atoms with Gasteiger partial charge in [0.2, 0.25) is 0 Å². The summed E-state index contributed by atoms with van der Waals surface area (Å²) in [6.07, 6.45) is -2.43. The van der Waals surface area contributed by atoms with Gasteiger partial charge in [-0.15, -0.1) is 0 Å². The van der Waals surface area contributed by atoms with E-state index in [1.165, 1.54) is 11.8 Å². The largest absolute Gasteiger partial charge is 0.433 e. The maximum atomic E-state index is 13.2. The smallest absolute Gasteiger partial charge is 0.366 e. The highest BCUT2D eigenvalue weighted by molar-refractivity contribution is 7.99. The van der Waals surface area contributed by atoms with Crippen LogP contribution in [-0.4, -0.2) is 28.4 Å². The molecule has 0 atom stereocenters. The molecule has 148 valence electrons. The van der Waals surface area contributed by atoms with Gasteiger partial charge in [-0.3, -0.25) is 4.79 Å². The molecule has 2 heterocycles. The molecule has 0 radical (unpaired) electrons. The fourth-order valence-electron chi connectivity index (χ4n) is 2.90. The SMILES string of the molecule is O=C(Nc1ccccc1Sc1ccccc1)c1cnn2c1NCC=C2C(F)(F)F. The number of hydrogen-bond acceptors (Lipinski definition) is 4. The van der Waals surface area contributed by atoms with Crippen LogP contribution in [0.2, 0.25) is 0 Å². The van der Waals surface area contributed by atoms with E-state index in [2.05, 4.69) is 15.7 Å². The highest BCUT2D eigenvalue weighted by atomic mass is 32.2. The van der Waals surface area contributed by atoms with Crippen molar-refractivity contribution < 1.29 is 18.0 Å². The summed E-state index contributed by atoms with van der Waals surface area (Å²) in [6.45, 7) is -0.0404. The topological polar surface area (TPSA) is 59.0 Å². The molecule has 0 fully saturated rings. The van der Waals surface area contributed by atoms with Crippen molar-refractivity contribution in [3.05, 3.63) is 72.4 Å². The molecule has 0 saturated carbocycles. The first-order valence-electron chi connectivity index (χ1n) is 8.66. The van der Waals surface area contributed by atoms with Gasteiger partial charge in [-0.05, 0) is 30.3 Å². The van der Waals surface area contributed by atoms with Crippen molar-refractivity contribution >= 4 is 34.9 Å². The summed E-state index contributed by atoms with van der Waals surface area (Å²) in [5.74, 6) is -0.520. The van der Waals surface area contributed by atoms with Crippen molar-refractivity contribution in [3.8, 4) is 0 Å². The van der Waals surface area contributed by atoms with E-state index in [0.717, 1.165) is 22.1 Å².